The van der Waals surface area contributed by atoms with Gasteiger partial charge >= 0.3 is 17.6 Å². The molecule has 6 N–H and O–H groups in total. The Hall–Kier alpha value is -4.59. The van der Waals surface area contributed by atoms with Gasteiger partial charge in [0.1, 0.15) is 23.6 Å². The van der Waals surface area contributed by atoms with Crippen LogP contribution in [0.5, 0.6) is 11.5 Å². The minimum atomic E-state index is -1.03. The zero-order chi connectivity index (χ0) is 31.0. The van der Waals surface area contributed by atoms with Gasteiger partial charge in [-0.1, -0.05) is 13.8 Å². The molecule has 0 aliphatic rings. The molecule has 3 unspecified atom stereocenters. The zero-order valence-electron chi connectivity index (χ0n) is 24.3. The number of carbonyl (C=O) groups is 3. The second kappa shape index (κ2) is 11.7. The third-order valence-electron chi connectivity index (χ3n) is 6.64. The number of nitrogens with two attached hydrogens (primary N) is 3. The molecule has 0 saturated carbocycles. The molecule has 0 aliphatic carbocycles. The minimum absolute atomic E-state index is 0.0104. The van der Waals surface area contributed by atoms with Crippen LogP contribution in [-0.2, 0) is 16.6 Å². The maximum atomic E-state index is 13.8. The van der Waals surface area contributed by atoms with E-state index in [2.05, 4.69) is 5.10 Å². The van der Waals surface area contributed by atoms with E-state index in [9.17, 15) is 19.2 Å². The average molecular weight is 578 g/mol. The number of aryl methyl sites for hydroxylation is 1. The predicted molar refractivity (Wildman–Crippen MR) is 157 cm³/mol. The normalized spacial score (nSPS) is 13.7. The SMILES string of the molecule is CC(N)C(=O)Oc1cc(OC(=O)C(C)N)c(C(C)C)cc1-c1nn(C(=O)C(C)N)c(=O)n1-c1ccc2c(ccn2C)c1. The lowest BCUT2D eigenvalue weighted by atomic mass is 9.98. The summed E-state index contributed by atoms with van der Waals surface area (Å²) < 4.78 is 15.0. The van der Waals surface area contributed by atoms with Gasteiger partial charge in [-0.15, -0.1) is 9.78 Å². The first-order valence-electron chi connectivity index (χ1n) is 13.4. The van der Waals surface area contributed by atoms with Crippen molar-refractivity contribution < 1.29 is 23.9 Å². The van der Waals surface area contributed by atoms with Gasteiger partial charge in [-0.05, 0) is 62.6 Å². The van der Waals surface area contributed by atoms with Crippen molar-refractivity contribution in [1.82, 2.24) is 18.9 Å². The molecule has 42 heavy (non-hydrogen) atoms. The number of hydrogen-bond donors (Lipinski definition) is 3. The van der Waals surface area contributed by atoms with E-state index in [0.717, 1.165) is 10.9 Å². The molecule has 0 spiro atoms. The number of esters is 2. The van der Waals surface area contributed by atoms with Crippen LogP contribution in [0.2, 0.25) is 0 Å². The van der Waals surface area contributed by atoms with Crippen molar-refractivity contribution in [3.63, 3.8) is 0 Å². The fourth-order valence-electron chi connectivity index (χ4n) is 4.30. The van der Waals surface area contributed by atoms with E-state index in [-0.39, 0.29) is 28.8 Å². The van der Waals surface area contributed by atoms with Gasteiger partial charge in [0.25, 0.3) is 5.91 Å². The van der Waals surface area contributed by atoms with E-state index in [0.29, 0.717) is 15.9 Å². The number of fused-ring (bicyclic) bond motifs is 1. The van der Waals surface area contributed by atoms with Crippen LogP contribution < -0.4 is 32.4 Å². The molecule has 13 nitrogen and oxygen atoms in total. The van der Waals surface area contributed by atoms with Crippen LogP contribution in [0.25, 0.3) is 28.0 Å². The van der Waals surface area contributed by atoms with Crippen LogP contribution >= 0.6 is 0 Å². The van der Waals surface area contributed by atoms with Crippen molar-refractivity contribution >= 4 is 28.7 Å². The number of benzene rings is 2. The van der Waals surface area contributed by atoms with E-state index >= 15 is 0 Å². The van der Waals surface area contributed by atoms with Crippen LogP contribution in [0.1, 0.15) is 50.9 Å². The third-order valence-corrected chi connectivity index (χ3v) is 6.64. The number of ether oxygens (including phenoxy) is 2. The number of carbonyl (C=O) groups excluding carboxylic acids is 3. The molecule has 0 amide bonds. The number of rotatable bonds is 8. The lowest BCUT2D eigenvalue weighted by Crippen LogP contribution is -2.39. The molecule has 2 aromatic heterocycles. The summed E-state index contributed by atoms with van der Waals surface area (Å²) in [6, 6.07) is 7.20. The van der Waals surface area contributed by atoms with E-state index in [1.54, 1.807) is 18.2 Å². The van der Waals surface area contributed by atoms with Crippen LogP contribution in [0.3, 0.4) is 0 Å². The average Bonchev–Trinajstić information content (AvgIpc) is 3.46. The van der Waals surface area contributed by atoms with E-state index < -0.39 is 41.7 Å². The summed E-state index contributed by atoms with van der Waals surface area (Å²) in [5, 5.41) is 5.21. The molecule has 3 atom stereocenters. The first-order valence-corrected chi connectivity index (χ1v) is 13.4. The topological polar surface area (TPSA) is 192 Å². The Kier molecular flexibility index (Phi) is 8.48. The Morgan fingerprint density at radius 3 is 2.02 bits per heavy atom. The molecule has 2 aromatic carbocycles. The fraction of sp³-hybridized carbons (Fsp3) is 0.345. The summed E-state index contributed by atoms with van der Waals surface area (Å²) in [7, 11) is 1.89. The molecule has 4 rings (SSSR count). The Morgan fingerprint density at radius 1 is 0.833 bits per heavy atom. The van der Waals surface area contributed by atoms with Crippen molar-refractivity contribution in [3.8, 4) is 28.6 Å². The van der Waals surface area contributed by atoms with Gasteiger partial charge in [0.15, 0.2) is 5.82 Å². The van der Waals surface area contributed by atoms with Gasteiger partial charge in [0.2, 0.25) is 0 Å². The van der Waals surface area contributed by atoms with E-state index in [1.807, 2.05) is 43.8 Å². The highest BCUT2D eigenvalue weighted by Gasteiger charge is 2.28. The number of aromatic nitrogens is 4. The summed E-state index contributed by atoms with van der Waals surface area (Å²) in [6.07, 6.45) is 1.88. The molecule has 13 heteroatoms. The summed E-state index contributed by atoms with van der Waals surface area (Å²) in [5.74, 6) is -2.43. The molecule has 0 aliphatic heterocycles. The molecule has 0 bridgehead atoms. The third kappa shape index (κ3) is 5.75. The second-order valence-corrected chi connectivity index (χ2v) is 10.6. The number of nitrogens with zero attached hydrogens (tertiary/aromatic N) is 4. The van der Waals surface area contributed by atoms with Gasteiger partial charge in [0.05, 0.1) is 17.3 Å². The lowest BCUT2D eigenvalue weighted by molar-refractivity contribution is -0.135. The molecule has 2 heterocycles. The van der Waals surface area contributed by atoms with E-state index in [4.69, 9.17) is 26.7 Å². The van der Waals surface area contributed by atoms with Crippen molar-refractivity contribution in [2.45, 2.75) is 58.7 Å². The van der Waals surface area contributed by atoms with Crippen molar-refractivity contribution in [2.24, 2.45) is 24.2 Å². The molecular formula is C29H35N7O6. The van der Waals surface area contributed by atoms with Gasteiger partial charge in [-0.3, -0.25) is 4.79 Å². The summed E-state index contributed by atoms with van der Waals surface area (Å²) in [4.78, 5) is 51.9. The molecule has 0 fully saturated rings. The van der Waals surface area contributed by atoms with Crippen LogP contribution in [0.4, 0.5) is 0 Å². The highest BCUT2D eigenvalue weighted by molar-refractivity contribution is 5.86. The highest BCUT2D eigenvalue weighted by atomic mass is 16.5. The monoisotopic (exact) mass is 577 g/mol. The van der Waals surface area contributed by atoms with Crippen molar-refractivity contribution in [3.05, 3.63) is 58.6 Å². The van der Waals surface area contributed by atoms with Gasteiger partial charge in [0, 0.05) is 30.2 Å². The molecule has 0 saturated heterocycles. The van der Waals surface area contributed by atoms with Crippen LogP contribution in [0.15, 0.2) is 47.4 Å². The molecule has 4 aromatic rings. The highest BCUT2D eigenvalue weighted by Crippen LogP contribution is 2.39. The first-order chi connectivity index (χ1) is 19.7. The Morgan fingerprint density at radius 2 is 1.45 bits per heavy atom. The molecule has 0 radical (unpaired) electrons. The predicted octanol–water partition coefficient (Wildman–Crippen LogP) is 1.81. The smallest absolute Gasteiger partial charge is 0.358 e. The van der Waals surface area contributed by atoms with Gasteiger partial charge in [-0.2, -0.15) is 0 Å². The largest absolute Gasteiger partial charge is 0.425 e. The zero-order valence-corrected chi connectivity index (χ0v) is 24.3. The summed E-state index contributed by atoms with van der Waals surface area (Å²) in [5.41, 5.74) is 18.6. The van der Waals surface area contributed by atoms with Crippen molar-refractivity contribution in [2.75, 3.05) is 0 Å². The summed E-state index contributed by atoms with van der Waals surface area (Å²) >= 11 is 0. The van der Waals surface area contributed by atoms with Gasteiger partial charge in [-0.25, -0.2) is 19.0 Å². The maximum Gasteiger partial charge on any atom is 0.358 e. The van der Waals surface area contributed by atoms with Crippen molar-refractivity contribution in [1.29, 1.82) is 0 Å². The Labute approximate surface area is 241 Å². The molecule has 222 valence electrons. The minimum Gasteiger partial charge on any atom is -0.425 e. The standard InChI is InChI=1S/C29H35N7O6/c1-14(2)20-12-21(24(42-28(39)17(5)32)13-23(20)41-27(38)16(4)31)25-33-36(26(37)15(3)30)29(40)35(25)19-7-8-22-18(11-19)9-10-34(22)6/h7-17H,30-32H2,1-6H3. The second-order valence-electron chi connectivity index (χ2n) is 10.6. The Bertz CT molecular complexity index is 1740. The number of hydrogen-bond acceptors (Lipinski definition) is 10. The Balaban J connectivity index is 2.07. The summed E-state index contributed by atoms with van der Waals surface area (Å²) in [6.45, 7) is 8.10. The van der Waals surface area contributed by atoms with Crippen LogP contribution in [-0.4, -0.2) is 54.9 Å². The quantitative estimate of drug-likeness (QED) is 0.205. The van der Waals surface area contributed by atoms with Crippen LogP contribution in [0, 0.1) is 0 Å². The van der Waals surface area contributed by atoms with E-state index in [1.165, 1.54) is 31.4 Å². The lowest BCUT2D eigenvalue weighted by Gasteiger charge is -2.19. The fourth-order valence-corrected chi connectivity index (χ4v) is 4.30. The van der Waals surface area contributed by atoms with Gasteiger partial charge < -0.3 is 31.2 Å². The first kappa shape index (κ1) is 30.4. The molecular weight excluding hydrogens is 542 g/mol. The maximum absolute atomic E-state index is 13.8.